The first-order valence-electron chi connectivity index (χ1n) is 4.93. The van der Waals surface area contributed by atoms with Gasteiger partial charge in [0.05, 0.1) is 5.52 Å². The van der Waals surface area contributed by atoms with Crippen LogP contribution in [0, 0.1) is 0 Å². The van der Waals surface area contributed by atoms with Crippen LogP contribution in [0.4, 0.5) is 5.69 Å². The summed E-state index contributed by atoms with van der Waals surface area (Å²) in [6.45, 7) is 0. The summed E-state index contributed by atoms with van der Waals surface area (Å²) in [4.78, 5) is 7.64. The van der Waals surface area contributed by atoms with Crippen LogP contribution >= 0.6 is 0 Å². The third-order valence-electron chi connectivity index (χ3n) is 2.69. The highest BCUT2D eigenvalue weighted by Gasteiger charge is 2.06. The molecule has 15 heavy (non-hydrogen) atoms. The molecule has 0 aliphatic carbocycles. The molecule has 0 bridgehead atoms. The van der Waals surface area contributed by atoms with Gasteiger partial charge in [0.1, 0.15) is 0 Å². The molecule has 2 N–H and O–H groups in total. The molecule has 3 nitrogen and oxygen atoms in total. The summed E-state index contributed by atoms with van der Waals surface area (Å²) in [7, 11) is 1.93. The number of pyridine rings is 1. The summed E-state index contributed by atoms with van der Waals surface area (Å²) in [5, 5.41) is 5.52. The van der Waals surface area contributed by atoms with Gasteiger partial charge in [-0.05, 0) is 24.3 Å². The molecule has 3 rings (SSSR count). The van der Waals surface area contributed by atoms with Crippen molar-refractivity contribution in [2.24, 2.45) is 0 Å². The summed E-state index contributed by atoms with van der Waals surface area (Å²) < 4.78 is 0. The van der Waals surface area contributed by atoms with E-state index in [4.69, 9.17) is 0 Å². The molecular weight excluding hydrogens is 186 g/mol. The number of rotatable bonds is 1. The molecule has 0 spiro atoms. The minimum atomic E-state index is 1.04. The van der Waals surface area contributed by atoms with Crippen molar-refractivity contribution in [3.8, 4) is 0 Å². The maximum Gasteiger partial charge on any atom is 0.0816 e. The van der Waals surface area contributed by atoms with Crippen molar-refractivity contribution in [3.63, 3.8) is 0 Å². The van der Waals surface area contributed by atoms with Gasteiger partial charge in [-0.2, -0.15) is 0 Å². The molecule has 0 aliphatic heterocycles. The number of nitrogens with one attached hydrogen (secondary N) is 2. The number of benzene rings is 1. The lowest BCUT2D eigenvalue weighted by Crippen LogP contribution is -1.90. The highest BCUT2D eigenvalue weighted by Crippen LogP contribution is 2.29. The second kappa shape index (κ2) is 2.98. The number of nitrogens with zero attached hydrogens (tertiary/aromatic N) is 1. The minimum absolute atomic E-state index is 1.04. The van der Waals surface area contributed by atoms with E-state index in [9.17, 15) is 0 Å². The molecule has 0 saturated carbocycles. The zero-order chi connectivity index (χ0) is 10.3. The number of aromatic amines is 1. The molecule has 0 unspecified atom stereocenters. The smallest absolute Gasteiger partial charge is 0.0816 e. The van der Waals surface area contributed by atoms with Crippen LogP contribution in [0.15, 0.2) is 36.7 Å². The Morgan fingerprint density at radius 1 is 1.27 bits per heavy atom. The first kappa shape index (κ1) is 8.29. The van der Waals surface area contributed by atoms with Crippen molar-refractivity contribution in [2.75, 3.05) is 12.4 Å². The van der Waals surface area contributed by atoms with E-state index in [-0.39, 0.29) is 0 Å². The summed E-state index contributed by atoms with van der Waals surface area (Å²) in [5.74, 6) is 0. The number of H-pyrrole nitrogens is 1. The standard InChI is InChI=1S/C12H11N3/c1-13-10-7-11-9(4-6-14-11)12-8(10)3-2-5-15-12/h2-7,13-14H,1H3. The van der Waals surface area contributed by atoms with Gasteiger partial charge in [-0.3, -0.25) is 4.98 Å². The lowest BCUT2D eigenvalue weighted by atomic mass is 10.1. The molecule has 0 saturated heterocycles. The maximum absolute atomic E-state index is 4.43. The first-order valence-corrected chi connectivity index (χ1v) is 4.93. The number of aromatic nitrogens is 2. The molecule has 0 radical (unpaired) electrons. The molecule has 0 fully saturated rings. The largest absolute Gasteiger partial charge is 0.388 e. The summed E-state index contributed by atoms with van der Waals surface area (Å²) in [6.07, 6.45) is 3.77. The monoisotopic (exact) mass is 197 g/mol. The van der Waals surface area contributed by atoms with Gasteiger partial charge in [0, 0.05) is 41.4 Å². The predicted molar refractivity (Wildman–Crippen MR) is 63.1 cm³/mol. The van der Waals surface area contributed by atoms with Crippen LogP contribution in [0.25, 0.3) is 21.8 Å². The van der Waals surface area contributed by atoms with E-state index in [1.165, 1.54) is 5.39 Å². The van der Waals surface area contributed by atoms with E-state index in [1.54, 1.807) is 0 Å². The van der Waals surface area contributed by atoms with Crippen LogP contribution in [0.3, 0.4) is 0 Å². The van der Waals surface area contributed by atoms with Gasteiger partial charge in [0.2, 0.25) is 0 Å². The number of hydrogen-bond donors (Lipinski definition) is 2. The number of hydrogen-bond acceptors (Lipinski definition) is 2. The normalized spacial score (nSPS) is 11.0. The molecule has 3 aromatic rings. The van der Waals surface area contributed by atoms with Crippen molar-refractivity contribution < 1.29 is 0 Å². The topological polar surface area (TPSA) is 40.7 Å². The van der Waals surface area contributed by atoms with Crippen molar-refractivity contribution in [1.82, 2.24) is 9.97 Å². The average molecular weight is 197 g/mol. The third kappa shape index (κ3) is 1.09. The molecule has 2 heterocycles. The lowest BCUT2D eigenvalue weighted by molar-refractivity contribution is 1.42. The molecule has 0 aliphatic rings. The van der Waals surface area contributed by atoms with Crippen LogP contribution in [-0.2, 0) is 0 Å². The fraction of sp³-hybridized carbons (Fsp3) is 0.0833. The second-order valence-electron chi connectivity index (χ2n) is 3.51. The Hall–Kier alpha value is -2.03. The Kier molecular flexibility index (Phi) is 1.65. The molecule has 3 heteroatoms. The van der Waals surface area contributed by atoms with Gasteiger partial charge in [-0.25, -0.2) is 0 Å². The van der Waals surface area contributed by atoms with Gasteiger partial charge < -0.3 is 10.3 Å². The summed E-state index contributed by atoms with van der Waals surface area (Å²) in [6, 6.07) is 8.21. The fourth-order valence-corrected chi connectivity index (χ4v) is 1.97. The highest BCUT2D eigenvalue weighted by atomic mass is 14.8. The minimum Gasteiger partial charge on any atom is -0.388 e. The SMILES string of the molecule is CNc1cc2[nH]ccc2c2ncccc12. The lowest BCUT2D eigenvalue weighted by Gasteiger charge is -2.06. The maximum atomic E-state index is 4.43. The van der Waals surface area contributed by atoms with Crippen LogP contribution in [0.1, 0.15) is 0 Å². The number of fused-ring (bicyclic) bond motifs is 3. The zero-order valence-electron chi connectivity index (χ0n) is 8.41. The van der Waals surface area contributed by atoms with Gasteiger partial charge in [-0.15, -0.1) is 0 Å². The molecule has 0 atom stereocenters. The van der Waals surface area contributed by atoms with E-state index in [1.807, 2.05) is 25.5 Å². The summed E-state index contributed by atoms with van der Waals surface area (Å²) >= 11 is 0. The van der Waals surface area contributed by atoms with Crippen LogP contribution in [0.5, 0.6) is 0 Å². The number of anilines is 1. The van der Waals surface area contributed by atoms with Crippen LogP contribution in [0.2, 0.25) is 0 Å². The Bertz CT molecular complexity index is 625. The first-order chi connectivity index (χ1) is 7.40. The van der Waals surface area contributed by atoms with E-state index in [0.717, 1.165) is 22.1 Å². The Morgan fingerprint density at radius 2 is 2.20 bits per heavy atom. The van der Waals surface area contributed by atoms with Gasteiger partial charge in [0.15, 0.2) is 0 Å². The van der Waals surface area contributed by atoms with Crippen LogP contribution in [-0.4, -0.2) is 17.0 Å². The van der Waals surface area contributed by atoms with Gasteiger partial charge >= 0.3 is 0 Å². The van der Waals surface area contributed by atoms with E-state index >= 15 is 0 Å². The highest BCUT2D eigenvalue weighted by molar-refractivity contribution is 6.09. The van der Waals surface area contributed by atoms with Gasteiger partial charge in [0.25, 0.3) is 0 Å². The Balaban J connectivity index is 2.58. The average Bonchev–Trinajstić information content (AvgIpc) is 2.76. The molecular formula is C12H11N3. The van der Waals surface area contributed by atoms with E-state index in [2.05, 4.69) is 33.5 Å². The fourth-order valence-electron chi connectivity index (χ4n) is 1.97. The predicted octanol–water partition coefficient (Wildman–Crippen LogP) is 2.76. The molecule has 74 valence electrons. The summed E-state index contributed by atoms with van der Waals surface area (Å²) in [5.41, 5.74) is 3.26. The Labute approximate surface area is 87.1 Å². The van der Waals surface area contributed by atoms with Crippen molar-refractivity contribution >= 4 is 27.5 Å². The van der Waals surface area contributed by atoms with Crippen molar-refractivity contribution in [1.29, 1.82) is 0 Å². The molecule has 2 aromatic heterocycles. The van der Waals surface area contributed by atoms with Crippen molar-refractivity contribution in [2.45, 2.75) is 0 Å². The van der Waals surface area contributed by atoms with E-state index < -0.39 is 0 Å². The van der Waals surface area contributed by atoms with Crippen LogP contribution < -0.4 is 5.32 Å². The van der Waals surface area contributed by atoms with Gasteiger partial charge in [-0.1, -0.05) is 0 Å². The quantitative estimate of drug-likeness (QED) is 0.629. The zero-order valence-corrected chi connectivity index (χ0v) is 8.41. The van der Waals surface area contributed by atoms with Crippen molar-refractivity contribution in [3.05, 3.63) is 36.7 Å². The van der Waals surface area contributed by atoms with E-state index in [0.29, 0.717) is 0 Å². The third-order valence-corrected chi connectivity index (χ3v) is 2.69. The molecule has 0 amide bonds. The second-order valence-corrected chi connectivity index (χ2v) is 3.51. The molecule has 1 aromatic carbocycles. The Morgan fingerprint density at radius 3 is 3.07 bits per heavy atom.